The molecule has 25 heavy (non-hydrogen) atoms. The van der Waals surface area contributed by atoms with Crippen molar-refractivity contribution in [1.82, 2.24) is 15.2 Å². The topological polar surface area (TPSA) is 74.4 Å². The first kappa shape index (κ1) is 17.6. The number of hydrogen-bond donors (Lipinski definition) is 2. The molecule has 0 saturated carbocycles. The van der Waals surface area contributed by atoms with Gasteiger partial charge in [0.2, 0.25) is 5.91 Å². The number of pyridine rings is 1. The van der Waals surface area contributed by atoms with E-state index in [0.29, 0.717) is 19.0 Å². The second-order valence-electron chi connectivity index (χ2n) is 6.84. The van der Waals surface area contributed by atoms with Crippen molar-refractivity contribution in [3.05, 3.63) is 45.7 Å². The Balaban J connectivity index is 1.61. The van der Waals surface area contributed by atoms with E-state index in [0.717, 1.165) is 41.5 Å². The molecule has 6 nitrogen and oxygen atoms in total. The van der Waals surface area contributed by atoms with E-state index in [1.807, 2.05) is 25.1 Å². The SMILES string of the molecule is COCC(=O)NCC1CCN(Cc2cc3ccc(C)cc3[nH]c2=O)C1. The summed E-state index contributed by atoms with van der Waals surface area (Å²) >= 11 is 0. The predicted molar refractivity (Wildman–Crippen MR) is 97.6 cm³/mol. The fraction of sp³-hybridized carbons (Fsp3) is 0.474. The van der Waals surface area contributed by atoms with Crippen LogP contribution in [-0.2, 0) is 16.1 Å². The highest BCUT2D eigenvalue weighted by Crippen LogP contribution is 2.19. The van der Waals surface area contributed by atoms with Gasteiger partial charge >= 0.3 is 0 Å². The number of H-pyrrole nitrogens is 1. The Kier molecular flexibility index (Phi) is 5.50. The molecule has 1 unspecified atom stereocenters. The van der Waals surface area contributed by atoms with Crippen molar-refractivity contribution in [2.45, 2.75) is 19.9 Å². The number of rotatable bonds is 6. The molecule has 0 spiro atoms. The van der Waals surface area contributed by atoms with Gasteiger partial charge in [-0.25, -0.2) is 0 Å². The Morgan fingerprint density at radius 1 is 1.40 bits per heavy atom. The number of likely N-dealkylation sites (tertiary alicyclic amines) is 1. The van der Waals surface area contributed by atoms with Crippen LogP contribution in [0, 0.1) is 12.8 Å². The second kappa shape index (κ2) is 7.80. The average molecular weight is 343 g/mol. The number of hydrogen-bond acceptors (Lipinski definition) is 4. The Hall–Kier alpha value is -2.18. The van der Waals surface area contributed by atoms with E-state index in [1.54, 1.807) is 0 Å². The zero-order chi connectivity index (χ0) is 17.8. The number of amides is 1. The molecule has 1 amide bonds. The van der Waals surface area contributed by atoms with Gasteiger partial charge in [0.05, 0.1) is 0 Å². The lowest BCUT2D eigenvalue weighted by Gasteiger charge is -2.16. The predicted octanol–water partition coefficient (Wildman–Crippen LogP) is 1.42. The minimum atomic E-state index is -0.0813. The van der Waals surface area contributed by atoms with Crippen LogP contribution in [0.15, 0.2) is 29.1 Å². The van der Waals surface area contributed by atoms with Crippen molar-refractivity contribution in [2.75, 3.05) is 33.4 Å². The van der Waals surface area contributed by atoms with Crippen molar-refractivity contribution in [3.63, 3.8) is 0 Å². The number of aromatic nitrogens is 1. The van der Waals surface area contributed by atoms with Crippen LogP contribution in [0.1, 0.15) is 17.5 Å². The van der Waals surface area contributed by atoms with E-state index in [9.17, 15) is 9.59 Å². The molecule has 3 rings (SSSR count). The third-order valence-electron chi connectivity index (χ3n) is 4.71. The van der Waals surface area contributed by atoms with E-state index in [-0.39, 0.29) is 18.1 Å². The summed E-state index contributed by atoms with van der Waals surface area (Å²) in [4.78, 5) is 29.1. The molecule has 0 bridgehead atoms. The highest BCUT2D eigenvalue weighted by atomic mass is 16.5. The van der Waals surface area contributed by atoms with Crippen molar-refractivity contribution in [3.8, 4) is 0 Å². The highest BCUT2D eigenvalue weighted by molar-refractivity contribution is 5.79. The maximum Gasteiger partial charge on any atom is 0.252 e. The Labute approximate surface area is 147 Å². The summed E-state index contributed by atoms with van der Waals surface area (Å²) in [6.07, 6.45) is 1.03. The van der Waals surface area contributed by atoms with Gasteiger partial charge in [-0.1, -0.05) is 12.1 Å². The molecule has 1 fully saturated rings. The number of nitrogens with zero attached hydrogens (tertiary/aromatic N) is 1. The smallest absolute Gasteiger partial charge is 0.252 e. The average Bonchev–Trinajstić information content (AvgIpc) is 3.02. The van der Waals surface area contributed by atoms with Gasteiger partial charge in [-0.05, 0) is 48.9 Å². The third-order valence-corrected chi connectivity index (χ3v) is 4.71. The molecule has 1 atom stereocenters. The fourth-order valence-corrected chi connectivity index (χ4v) is 3.38. The van der Waals surface area contributed by atoms with Crippen molar-refractivity contribution in [2.24, 2.45) is 5.92 Å². The Bertz CT molecular complexity index is 815. The molecule has 1 saturated heterocycles. The summed E-state index contributed by atoms with van der Waals surface area (Å²) in [5.74, 6) is 0.338. The van der Waals surface area contributed by atoms with Crippen LogP contribution in [0.5, 0.6) is 0 Å². The number of nitrogens with one attached hydrogen (secondary N) is 2. The largest absolute Gasteiger partial charge is 0.375 e. The van der Waals surface area contributed by atoms with Crippen LogP contribution in [0.2, 0.25) is 0 Å². The lowest BCUT2D eigenvalue weighted by molar-refractivity contribution is -0.124. The molecule has 2 aromatic rings. The summed E-state index contributed by atoms with van der Waals surface area (Å²) in [6.45, 7) is 5.24. The normalized spacial score (nSPS) is 17.9. The van der Waals surface area contributed by atoms with Crippen LogP contribution < -0.4 is 10.9 Å². The summed E-state index contributed by atoms with van der Waals surface area (Å²) in [6, 6.07) is 8.08. The second-order valence-corrected chi connectivity index (χ2v) is 6.84. The quantitative estimate of drug-likeness (QED) is 0.832. The van der Waals surface area contributed by atoms with Crippen molar-refractivity contribution >= 4 is 16.8 Å². The molecular formula is C19H25N3O3. The first-order valence-electron chi connectivity index (χ1n) is 8.65. The van der Waals surface area contributed by atoms with Gasteiger partial charge < -0.3 is 15.0 Å². The molecule has 2 N–H and O–H groups in total. The summed E-state index contributed by atoms with van der Waals surface area (Å²) in [7, 11) is 1.51. The molecule has 0 aliphatic carbocycles. The number of aryl methyl sites for hydroxylation is 1. The van der Waals surface area contributed by atoms with Crippen LogP contribution >= 0.6 is 0 Å². The number of carbonyl (C=O) groups excluding carboxylic acids is 1. The van der Waals surface area contributed by atoms with E-state index in [4.69, 9.17) is 4.74 Å². The standard InChI is InChI=1S/C19H25N3O3/c1-13-3-4-15-8-16(19(24)21-17(15)7-13)11-22-6-5-14(10-22)9-20-18(23)12-25-2/h3-4,7-8,14H,5-6,9-12H2,1-2H3,(H,20,23)(H,21,24). The van der Waals surface area contributed by atoms with Gasteiger partial charge in [0.1, 0.15) is 6.61 Å². The lowest BCUT2D eigenvalue weighted by Crippen LogP contribution is -2.33. The van der Waals surface area contributed by atoms with Crippen LogP contribution in [0.25, 0.3) is 10.9 Å². The van der Waals surface area contributed by atoms with E-state index in [2.05, 4.69) is 21.3 Å². The molecule has 1 aromatic heterocycles. The molecule has 1 aromatic carbocycles. The summed E-state index contributed by atoms with van der Waals surface area (Å²) < 4.78 is 4.81. The first-order valence-corrected chi connectivity index (χ1v) is 8.65. The van der Waals surface area contributed by atoms with Crippen LogP contribution in [0.3, 0.4) is 0 Å². The zero-order valence-corrected chi connectivity index (χ0v) is 14.8. The molecule has 2 heterocycles. The molecule has 6 heteroatoms. The minimum absolute atomic E-state index is 0.0186. The zero-order valence-electron chi connectivity index (χ0n) is 14.8. The molecule has 134 valence electrons. The molecule has 1 aliphatic rings. The van der Waals surface area contributed by atoms with Crippen molar-refractivity contribution in [1.29, 1.82) is 0 Å². The van der Waals surface area contributed by atoms with Gasteiger partial charge in [0, 0.05) is 37.8 Å². The number of methoxy groups -OCH3 is 1. The summed E-state index contributed by atoms with van der Waals surface area (Å²) in [5, 5.41) is 3.95. The number of benzene rings is 1. The summed E-state index contributed by atoms with van der Waals surface area (Å²) in [5.41, 5.74) is 2.79. The maximum atomic E-state index is 12.3. The van der Waals surface area contributed by atoms with E-state index in [1.165, 1.54) is 7.11 Å². The lowest BCUT2D eigenvalue weighted by atomic mass is 10.1. The van der Waals surface area contributed by atoms with E-state index < -0.39 is 0 Å². The monoisotopic (exact) mass is 343 g/mol. The third kappa shape index (κ3) is 4.46. The van der Waals surface area contributed by atoms with Crippen LogP contribution in [0.4, 0.5) is 0 Å². The molecular weight excluding hydrogens is 318 g/mol. The number of carbonyl (C=O) groups is 1. The van der Waals surface area contributed by atoms with Gasteiger partial charge in [0.25, 0.3) is 5.56 Å². The van der Waals surface area contributed by atoms with Crippen molar-refractivity contribution < 1.29 is 9.53 Å². The van der Waals surface area contributed by atoms with Gasteiger partial charge in [0.15, 0.2) is 0 Å². The van der Waals surface area contributed by atoms with Gasteiger partial charge in [-0.3, -0.25) is 14.5 Å². The minimum Gasteiger partial charge on any atom is -0.375 e. The first-order chi connectivity index (χ1) is 12.0. The Morgan fingerprint density at radius 3 is 3.04 bits per heavy atom. The molecule has 0 radical (unpaired) electrons. The number of ether oxygens (including phenoxy) is 1. The number of fused-ring (bicyclic) bond motifs is 1. The molecule has 1 aliphatic heterocycles. The number of aromatic amines is 1. The fourth-order valence-electron chi connectivity index (χ4n) is 3.38. The van der Waals surface area contributed by atoms with Gasteiger partial charge in [-0.15, -0.1) is 0 Å². The Morgan fingerprint density at radius 2 is 2.24 bits per heavy atom. The van der Waals surface area contributed by atoms with Crippen LogP contribution in [-0.4, -0.2) is 49.1 Å². The highest BCUT2D eigenvalue weighted by Gasteiger charge is 2.23. The maximum absolute atomic E-state index is 12.3. The van der Waals surface area contributed by atoms with Gasteiger partial charge in [-0.2, -0.15) is 0 Å². The van der Waals surface area contributed by atoms with E-state index >= 15 is 0 Å².